The maximum Gasteiger partial charge on any atom is 0.290 e. The molecule has 0 aromatic heterocycles. The lowest BCUT2D eigenvalue weighted by Crippen LogP contribution is -1.92. The lowest BCUT2D eigenvalue weighted by atomic mass is 10.3. The second kappa shape index (κ2) is 7.19. The number of halogens is 1. The van der Waals surface area contributed by atoms with Gasteiger partial charge in [0.15, 0.2) is 0 Å². The Balaban J connectivity index is 0.000000240. The summed E-state index contributed by atoms with van der Waals surface area (Å²) in [7, 11) is 0. The number of nitro groups is 2. The Morgan fingerprint density at radius 1 is 0.950 bits per heavy atom. The Morgan fingerprint density at radius 3 is 1.95 bits per heavy atom. The fourth-order valence-corrected chi connectivity index (χ4v) is 1.60. The number of rotatable bonds is 2. The van der Waals surface area contributed by atoms with Gasteiger partial charge in [0.1, 0.15) is 0 Å². The zero-order valence-corrected chi connectivity index (χ0v) is 11.7. The average molecular weight is 340 g/mol. The van der Waals surface area contributed by atoms with Crippen LogP contribution in [0.1, 0.15) is 0 Å². The fourth-order valence-electron chi connectivity index (χ4n) is 1.21. The van der Waals surface area contributed by atoms with Gasteiger partial charge in [-0.05, 0) is 34.1 Å². The second-order valence-electron chi connectivity index (χ2n) is 3.56. The number of nitrogens with zero attached hydrogens (tertiary/aromatic N) is 2. The normalized spacial score (nSPS) is 9.25. The number of hydrogen-bond acceptors (Lipinski definition) is 5. The first-order valence-electron chi connectivity index (χ1n) is 5.30. The molecule has 0 saturated heterocycles. The highest BCUT2D eigenvalue weighted by atomic mass is 79.9. The molecule has 2 rings (SSSR count). The van der Waals surface area contributed by atoms with Crippen LogP contribution in [-0.2, 0) is 0 Å². The van der Waals surface area contributed by atoms with Gasteiger partial charge in [0, 0.05) is 11.8 Å². The Kier molecular flexibility index (Phi) is 5.60. The first-order chi connectivity index (χ1) is 9.41. The Bertz CT molecular complexity index is 619. The number of para-hydroxylation sites is 1. The topological polar surface area (TPSA) is 112 Å². The van der Waals surface area contributed by atoms with Crippen molar-refractivity contribution in [2.45, 2.75) is 0 Å². The molecule has 0 saturated carbocycles. The van der Waals surface area contributed by atoms with Crippen LogP contribution in [-0.4, -0.2) is 9.85 Å². The molecule has 0 bridgehead atoms. The van der Waals surface area contributed by atoms with Crippen LogP contribution in [0.25, 0.3) is 0 Å². The van der Waals surface area contributed by atoms with E-state index in [1.54, 1.807) is 0 Å². The number of anilines is 1. The highest BCUT2D eigenvalue weighted by Crippen LogP contribution is 2.28. The van der Waals surface area contributed by atoms with E-state index in [0.29, 0.717) is 0 Å². The number of benzene rings is 2. The van der Waals surface area contributed by atoms with Crippen molar-refractivity contribution < 1.29 is 9.85 Å². The third-order valence-corrected chi connectivity index (χ3v) is 2.81. The molecule has 0 spiro atoms. The van der Waals surface area contributed by atoms with Crippen molar-refractivity contribution in [1.82, 2.24) is 0 Å². The standard InChI is InChI=1S/C6H3BrN2O4.C6H7N/c7-5-2-1-4(8(10)11)3-6(5)9(12)13;7-6-4-2-1-3-5-6/h1-3H;1-5H,7H2. The van der Waals surface area contributed by atoms with Crippen molar-refractivity contribution >= 4 is 33.0 Å². The monoisotopic (exact) mass is 339 g/mol. The molecule has 0 unspecified atom stereocenters. The van der Waals surface area contributed by atoms with Gasteiger partial charge in [-0.1, -0.05) is 18.2 Å². The SMILES string of the molecule is Nc1ccccc1.O=[N+]([O-])c1ccc(Br)c([N+](=O)[O-])c1. The van der Waals surface area contributed by atoms with Gasteiger partial charge in [-0.25, -0.2) is 0 Å². The van der Waals surface area contributed by atoms with Gasteiger partial charge in [0.25, 0.3) is 11.4 Å². The van der Waals surface area contributed by atoms with E-state index in [1.165, 1.54) is 12.1 Å². The molecule has 2 aromatic rings. The van der Waals surface area contributed by atoms with Crippen molar-refractivity contribution in [2.75, 3.05) is 5.73 Å². The third kappa shape index (κ3) is 4.65. The van der Waals surface area contributed by atoms with E-state index in [-0.39, 0.29) is 15.8 Å². The minimum Gasteiger partial charge on any atom is -0.399 e. The minimum atomic E-state index is -0.683. The van der Waals surface area contributed by atoms with Crippen LogP contribution in [0.5, 0.6) is 0 Å². The smallest absolute Gasteiger partial charge is 0.290 e. The summed E-state index contributed by atoms with van der Waals surface area (Å²) in [5.41, 5.74) is 5.57. The van der Waals surface area contributed by atoms with Gasteiger partial charge in [0.05, 0.1) is 20.4 Å². The van der Waals surface area contributed by atoms with Crippen molar-refractivity contribution in [1.29, 1.82) is 0 Å². The van der Waals surface area contributed by atoms with Gasteiger partial charge >= 0.3 is 0 Å². The molecule has 20 heavy (non-hydrogen) atoms. The van der Waals surface area contributed by atoms with Crippen LogP contribution >= 0.6 is 15.9 Å². The van der Waals surface area contributed by atoms with E-state index in [1.807, 2.05) is 30.3 Å². The molecule has 0 aliphatic heterocycles. The van der Waals surface area contributed by atoms with Crippen LogP contribution in [0.3, 0.4) is 0 Å². The molecule has 7 nitrogen and oxygen atoms in total. The van der Waals surface area contributed by atoms with E-state index >= 15 is 0 Å². The van der Waals surface area contributed by atoms with E-state index in [0.717, 1.165) is 11.8 Å². The van der Waals surface area contributed by atoms with Crippen molar-refractivity contribution in [3.63, 3.8) is 0 Å². The van der Waals surface area contributed by atoms with E-state index < -0.39 is 9.85 Å². The molecule has 0 fully saturated rings. The largest absolute Gasteiger partial charge is 0.399 e. The van der Waals surface area contributed by atoms with Crippen molar-refractivity contribution in [3.8, 4) is 0 Å². The fraction of sp³-hybridized carbons (Fsp3) is 0. The lowest BCUT2D eigenvalue weighted by molar-refractivity contribution is -0.394. The molecule has 104 valence electrons. The molecule has 2 N–H and O–H groups in total. The molecule has 0 radical (unpaired) electrons. The summed E-state index contributed by atoms with van der Waals surface area (Å²) in [4.78, 5) is 19.2. The number of nitrogen functional groups attached to an aromatic ring is 1. The van der Waals surface area contributed by atoms with Gasteiger partial charge in [-0.3, -0.25) is 20.2 Å². The number of nitro benzene ring substituents is 2. The highest BCUT2D eigenvalue weighted by Gasteiger charge is 2.17. The summed E-state index contributed by atoms with van der Waals surface area (Å²) in [6, 6.07) is 12.9. The molecule has 0 amide bonds. The molecule has 0 aliphatic rings. The molecule has 2 aromatic carbocycles. The molecule has 0 aliphatic carbocycles. The number of nitrogens with two attached hydrogens (primary N) is 1. The summed E-state index contributed by atoms with van der Waals surface area (Å²) in [5, 5.41) is 20.6. The minimum absolute atomic E-state index is 0.225. The molecule has 8 heteroatoms. The van der Waals surface area contributed by atoms with Crippen LogP contribution in [0.4, 0.5) is 17.1 Å². The summed E-state index contributed by atoms with van der Waals surface area (Å²) in [6.45, 7) is 0. The molecule has 0 atom stereocenters. The van der Waals surface area contributed by atoms with Crippen molar-refractivity contribution in [3.05, 3.63) is 73.2 Å². The Labute approximate surface area is 122 Å². The summed E-state index contributed by atoms with van der Waals surface area (Å²) in [6.07, 6.45) is 0. The Hall–Kier alpha value is -2.48. The summed E-state index contributed by atoms with van der Waals surface area (Å²) < 4.78 is 0.225. The highest BCUT2D eigenvalue weighted by molar-refractivity contribution is 9.10. The maximum absolute atomic E-state index is 10.3. The average Bonchev–Trinajstić information content (AvgIpc) is 2.40. The molecular weight excluding hydrogens is 330 g/mol. The van der Waals surface area contributed by atoms with E-state index in [2.05, 4.69) is 15.9 Å². The quantitative estimate of drug-likeness (QED) is 0.510. The predicted molar refractivity (Wildman–Crippen MR) is 78.3 cm³/mol. The van der Waals surface area contributed by atoms with Crippen LogP contribution < -0.4 is 5.73 Å². The van der Waals surface area contributed by atoms with Crippen LogP contribution in [0, 0.1) is 20.2 Å². The molecular formula is C12H10BrN3O4. The van der Waals surface area contributed by atoms with Gasteiger partial charge in [-0.15, -0.1) is 0 Å². The molecule has 0 heterocycles. The van der Waals surface area contributed by atoms with Crippen LogP contribution in [0.15, 0.2) is 53.0 Å². The zero-order valence-electron chi connectivity index (χ0n) is 10.1. The van der Waals surface area contributed by atoms with E-state index in [4.69, 9.17) is 5.73 Å². The zero-order chi connectivity index (χ0) is 15.1. The number of hydrogen-bond donors (Lipinski definition) is 1. The third-order valence-electron chi connectivity index (χ3n) is 2.14. The summed E-state index contributed by atoms with van der Waals surface area (Å²) in [5.74, 6) is 0. The van der Waals surface area contributed by atoms with Gasteiger partial charge in [-0.2, -0.15) is 0 Å². The predicted octanol–water partition coefficient (Wildman–Crippen LogP) is 3.53. The van der Waals surface area contributed by atoms with Crippen LogP contribution in [0.2, 0.25) is 0 Å². The first-order valence-corrected chi connectivity index (χ1v) is 6.10. The lowest BCUT2D eigenvalue weighted by Gasteiger charge is -1.94. The van der Waals surface area contributed by atoms with Gasteiger partial charge < -0.3 is 5.73 Å². The van der Waals surface area contributed by atoms with E-state index in [9.17, 15) is 20.2 Å². The summed E-state index contributed by atoms with van der Waals surface area (Å²) >= 11 is 2.92. The Morgan fingerprint density at radius 2 is 1.55 bits per heavy atom. The second-order valence-corrected chi connectivity index (χ2v) is 4.41. The first kappa shape index (κ1) is 15.6. The van der Waals surface area contributed by atoms with Crippen molar-refractivity contribution in [2.24, 2.45) is 0 Å². The number of non-ortho nitro benzene ring substituents is 1. The van der Waals surface area contributed by atoms with Gasteiger partial charge in [0.2, 0.25) is 0 Å². The maximum atomic E-state index is 10.3.